The summed E-state index contributed by atoms with van der Waals surface area (Å²) in [5, 5.41) is 0. The lowest BCUT2D eigenvalue weighted by molar-refractivity contribution is 0.378. The first kappa shape index (κ1) is 13.9. The summed E-state index contributed by atoms with van der Waals surface area (Å²) in [6.45, 7) is 6.59. The van der Waals surface area contributed by atoms with Crippen molar-refractivity contribution in [2.75, 3.05) is 12.3 Å². The first-order valence-corrected chi connectivity index (χ1v) is 6.90. The third-order valence-electron chi connectivity index (χ3n) is 2.23. The molecule has 1 aromatic heterocycles. The Morgan fingerprint density at radius 1 is 1.41 bits per heavy atom. The Morgan fingerprint density at radius 3 is 2.59 bits per heavy atom. The van der Waals surface area contributed by atoms with Crippen LogP contribution in [0.2, 0.25) is 0 Å². The molecule has 17 heavy (non-hydrogen) atoms. The van der Waals surface area contributed by atoms with Crippen LogP contribution in [0, 0.1) is 5.41 Å². The Bertz CT molecular complexity index is 478. The SMILES string of the molecule is CC(C)(C)CCNS(=O)(=O)c1ccnc(N)c1. The maximum Gasteiger partial charge on any atom is 0.240 e. The molecule has 0 aliphatic carbocycles. The first-order chi connectivity index (χ1) is 7.71. The molecule has 0 spiro atoms. The molecule has 1 aromatic rings. The van der Waals surface area contributed by atoms with Crippen LogP contribution in [0.25, 0.3) is 0 Å². The first-order valence-electron chi connectivity index (χ1n) is 5.42. The smallest absolute Gasteiger partial charge is 0.240 e. The normalized spacial score (nSPS) is 12.6. The van der Waals surface area contributed by atoms with Crippen LogP contribution in [-0.2, 0) is 10.0 Å². The Labute approximate surface area is 102 Å². The van der Waals surface area contributed by atoms with Crippen LogP contribution in [0.4, 0.5) is 5.82 Å². The molecule has 0 saturated heterocycles. The van der Waals surface area contributed by atoms with Gasteiger partial charge in [0.1, 0.15) is 5.82 Å². The second-order valence-electron chi connectivity index (χ2n) is 5.12. The van der Waals surface area contributed by atoms with Crippen molar-refractivity contribution in [1.82, 2.24) is 9.71 Å². The lowest BCUT2D eigenvalue weighted by Crippen LogP contribution is -2.27. The van der Waals surface area contributed by atoms with Gasteiger partial charge in [0.05, 0.1) is 4.90 Å². The van der Waals surface area contributed by atoms with Gasteiger partial charge in [-0.25, -0.2) is 18.1 Å². The molecule has 6 heteroatoms. The number of aromatic nitrogens is 1. The Balaban J connectivity index is 2.70. The van der Waals surface area contributed by atoms with Gasteiger partial charge in [-0.15, -0.1) is 0 Å². The van der Waals surface area contributed by atoms with Crippen LogP contribution in [-0.4, -0.2) is 19.9 Å². The zero-order chi connectivity index (χ0) is 13.1. The second kappa shape index (κ2) is 5.01. The van der Waals surface area contributed by atoms with Gasteiger partial charge >= 0.3 is 0 Å². The predicted octanol–water partition coefficient (Wildman–Crippen LogP) is 1.38. The highest BCUT2D eigenvalue weighted by Crippen LogP contribution is 2.18. The fraction of sp³-hybridized carbons (Fsp3) is 0.545. The van der Waals surface area contributed by atoms with Gasteiger partial charge < -0.3 is 5.73 Å². The zero-order valence-electron chi connectivity index (χ0n) is 10.4. The average molecular weight is 257 g/mol. The molecule has 0 aliphatic rings. The maximum atomic E-state index is 11.9. The molecule has 0 radical (unpaired) electrons. The van der Waals surface area contributed by atoms with Gasteiger partial charge in [-0.2, -0.15) is 0 Å². The van der Waals surface area contributed by atoms with Crippen molar-refractivity contribution in [3.05, 3.63) is 18.3 Å². The number of nitrogens with one attached hydrogen (secondary N) is 1. The number of nitrogens with zero attached hydrogens (tertiary/aromatic N) is 1. The van der Waals surface area contributed by atoms with Crippen molar-refractivity contribution in [3.63, 3.8) is 0 Å². The Morgan fingerprint density at radius 2 is 2.06 bits per heavy atom. The van der Waals surface area contributed by atoms with Crippen molar-refractivity contribution in [3.8, 4) is 0 Å². The average Bonchev–Trinajstić information content (AvgIpc) is 2.15. The highest BCUT2D eigenvalue weighted by atomic mass is 32.2. The molecule has 0 bridgehead atoms. The zero-order valence-corrected chi connectivity index (χ0v) is 11.2. The minimum atomic E-state index is -3.48. The van der Waals surface area contributed by atoms with Crippen LogP contribution in [0.5, 0.6) is 0 Å². The molecule has 3 N–H and O–H groups in total. The summed E-state index contributed by atoms with van der Waals surface area (Å²) in [7, 11) is -3.48. The lowest BCUT2D eigenvalue weighted by Gasteiger charge is -2.18. The number of pyridine rings is 1. The number of sulfonamides is 1. The van der Waals surface area contributed by atoms with Gasteiger partial charge in [0.25, 0.3) is 0 Å². The van der Waals surface area contributed by atoms with Crippen molar-refractivity contribution in [2.45, 2.75) is 32.1 Å². The number of anilines is 1. The molecular formula is C11H19N3O2S. The summed E-state index contributed by atoms with van der Waals surface area (Å²) in [4.78, 5) is 3.91. The van der Waals surface area contributed by atoms with Crippen molar-refractivity contribution >= 4 is 15.8 Å². The molecule has 0 saturated carbocycles. The third kappa shape index (κ3) is 4.70. The van der Waals surface area contributed by atoms with Crippen LogP contribution >= 0.6 is 0 Å². The maximum absolute atomic E-state index is 11.9. The molecule has 0 aromatic carbocycles. The Kier molecular flexibility index (Phi) is 4.11. The standard InChI is InChI=1S/C11H19N3O2S/c1-11(2,3)5-7-14-17(15,16)9-4-6-13-10(12)8-9/h4,6,8,14H,5,7H2,1-3H3,(H2,12,13). The fourth-order valence-electron chi connectivity index (χ4n) is 1.24. The summed E-state index contributed by atoms with van der Waals surface area (Å²) in [5.74, 6) is 0.198. The molecule has 0 aliphatic heterocycles. The summed E-state index contributed by atoms with van der Waals surface area (Å²) in [5.41, 5.74) is 5.55. The molecule has 0 amide bonds. The molecule has 0 atom stereocenters. The van der Waals surface area contributed by atoms with E-state index in [0.717, 1.165) is 6.42 Å². The van der Waals surface area contributed by atoms with E-state index in [4.69, 9.17) is 5.73 Å². The van der Waals surface area contributed by atoms with Crippen LogP contribution in [0.3, 0.4) is 0 Å². The third-order valence-corrected chi connectivity index (χ3v) is 3.69. The largest absolute Gasteiger partial charge is 0.384 e. The van der Waals surface area contributed by atoms with Crippen LogP contribution in [0.15, 0.2) is 23.2 Å². The van der Waals surface area contributed by atoms with E-state index in [1.54, 1.807) is 0 Å². The Hall–Kier alpha value is -1.14. The highest BCUT2D eigenvalue weighted by Gasteiger charge is 2.16. The summed E-state index contributed by atoms with van der Waals surface area (Å²) >= 11 is 0. The summed E-state index contributed by atoms with van der Waals surface area (Å²) in [6, 6.07) is 2.77. The van der Waals surface area contributed by atoms with Gasteiger partial charge in [-0.05, 0) is 17.9 Å². The summed E-state index contributed by atoms with van der Waals surface area (Å²) in [6.07, 6.45) is 2.15. The monoisotopic (exact) mass is 257 g/mol. The van der Waals surface area contributed by atoms with Gasteiger partial charge in [0.2, 0.25) is 10.0 Å². The van der Waals surface area contributed by atoms with Crippen molar-refractivity contribution < 1.29 is 8.42 Å². The number of hydrogen-bond donors (Lipinski definition) is 2. The van der Waals surface area contributed by atoms with E-state index < -0.39 is 10.0 Å². The second-order valence-corrected chi connectivity index (χ2v) is 6.89. The number of rotatable bonds is 4. The van der Waals surface area contributed by atoms with E-state index in [0.29, 0.717) is 6.54 Å². The minimum absolute atomic E-state index is 0.0970. The minimum Gasteiger partial charge on any atom is -0.384 e. The molecule has 0 unspecified atom stereocenters. The molecule has 5 nitrogen and oxygen atoms in total. The van der Waals surface area contributed by atoms with Crippen LogP contribution in [0.1, 0.15) is 27.2 Å². The number of nitrogens with two attached hydrogens (primary N) is 1. The van der Waals surface area contributed by atoms with Gasteiger partial charge in [-0.1, -0.05) is 20.8 Å². The predicted molar refractivity (Wildman–Crippen MR) is 67.9 cm³/mol. The van der Waals surface area contributed by atoms with Gasteiger partial charge in [0.15, 0.2) is 0 Å². The van der Waals surface area contributed by atoms with E-state index in [1.807, 2.05) is 0 Å². The van der Waals surface area contributed by atoms with E-state index in [2.05, 4.69) is 30.5 Å². The molecule has 0 fully saturated rings. The van der Waals surface area contributed by atoms with Crippen molar-refractivity contribution in [2.24, 2.45) is 5.41 Å². The van der Waals surface area contributed by atoms with Gasteiger partial charge in [-0.3, -0.25) is 0 Å². The van der Waals surface area contributed by atoms with E-state index in [-0.39, 0.29) is 16.1 Å². The fourth-order valence-corrected chi connectivity index (χ4v) is 2.29. The van der Waals surface area contributed by atoms with E-state index >= 15 is 0 Å². The molecular weight excluding hydrogens is 238 g/mol. The van der Waals surface area contributed by atoms with Crippen LogP contribution < -0.4 is 10.5 Å². The molecule has 1 rings (SSSR count). The summed E-state index contributed by atoms with van der Waals surface area (Å²) < 4.78 is 26.3. The topological polar surface area (TPSA) is 85.1 Å². The highest BCUT2D eigenvalue weighted by molar-refractivity contribution is 7.89. The molecule has 1 heterocycles. The lowest BCUT2D eigenvalue weighted by atomic mass is 9.93. The van der Waals surface area contributed by atoms with E-state index in [9.17, 15) is 8.42 Å². The number of hydrogen-bond acceptors (Lipinski definition) is 4. The number of nitrogen functional groups attached to an aromatic ring is 1. The van der Waals surface area contributed by atoms with Crippen molar-refractivity contribution in [1.29, 1.82) is 0 Å². The van der Waals surface area contributed by atoms with Gasteiger partial charge in [0, 0.05) is 18.8 Å². The molecule has 96 valence electrons. The van der Waals surface area contributed by atoms with E-state index in [1.165, 1.54) is 18.3 Å². The quantitative estimate of drug-likeness (QED) is 0.853.